The smallest absolute Gasteiger partial charge is 0.279 e. The van der Waals surface area contributed by atoms with Crippen molar-refractivity contribution < 1.29 is 8.42 Å². The van der Waals surface area contributed by atoms with Gasteiger partial charge in [0, 0.05) is 14.1 Å². The summed E-state index contributed by atoms with van der Waals surface area (Å²) >= 11 is 0. The van der Waals surface area contributed by atoms with Gasteiger partial charge in [-0.2, -0.15) is 4.09 Å². The van der Waals surface area contributed by atoms with Crippen LogP contribution in [0, 0.1) is 6.92 Å². The van der Waals surface area contributed by atoms with Crippen LogP contribution in [0.4, 0.5) is 0 Å². The summed E-state index contributed by atoms with van der Waals surface area (Å²) in [4.78, 5) is 23.7. The summed E-state index contributed by atoms with van der Waals surface area (Å²) in [5.74, 6) is 0. The van der Waals surface area contributed by atoms with E-state index in [0.717, 1.165) is 19.5 Å². The second-order valence-corrected chi connectivity index (χ2v) is 5.91. The molecule has 0 bridgehead atoms. The molecule has 2 aromatic heterocycles. The Morgan fingerprint density at radius 1 is 1.11 bits per heavy atom. The Morgan fingerprint density at radius 2 is 1.67 bits per heavy atom. The second kappa shape index (κ2) is 3.55. The molecule has 0 fully saturated rings. The first-order valence-corrected chi connectivity index (χ1v) is 6.87. The van der Waals surface area contributed by atoms with Crippen LogP contribution >= 0.6 is 0 Å². The summed E-state index contributed by atoms with van der Waals surface area (Å²) in [6.07, 6.45) is 0.981. The van der Waals surface area contributed by atoms with E-state index in [4.69, 9.17) is 0 Å². The SMILES string of the molecule is Cc1c2c(=O)n(C)c(=O)n(C)c2nn1S(C)(=O)=O. The molecule has 0 radical (unpaired) electrons. The topological polar surface area (TPSA) is 96.0 Å². The minimum absolute atomic E-state index is 0.0611. The van der Waals surface area contributed by atoms with Gasteiger partial charge in [-0.1, -0.05) is 0 Å². The van der Waals surface area contributed by atoms with Gasteiger partial charge in [-0.25, -0.2) is 13.2 Å². The lowest BCUT2D eigenvalue weighted by atomic mass is 10.3. The Morgan fingerprint density at radius 3 is 2.17 bits per heavy atom. The highest BCUT2D eigenvalue weighted by Crippen LogP contribution is 2.12. The van der Waals surface area contributed by atoms with Crippen LogP contribution in [0.5, 0.6) is 0 Å². The maximum atomic E-state index is 12.0. The van der Waals surface area contributed by atoms with Gasteiger partial charge in [0.25, 0.3) is 15.6 Å². The Hall–Kier alpha value is -1.90. The molecule has 0 spiro atoms. The third-order valence-corrected chi connectivity index (χ3v) is 3.77. The number of hydrogen-bond acceptors (Lipinski definition) is 5. The monoisotopic (exact) mass is 272 g/mol. The van der Waals surface area contributed by atoms with E-state index in [1.165, 1.54) is 21.0 Å². The lowest BCUT2D eigenvalue weighted by Gasteiger charge is -2.01. The van der Waals surface area contributed by atoms with Crippen LogP contribution in [0.2, 0.25) is 0 Å². The molecule has 0 aliphatic rings. The molecule has 0 aliphatic carbocycles. The maximum absolute atomic E-state index is 12.0. The van der Waals surface area contributed by atoms with Gasteiger partial charge in [0.2, 0.25) is 0 Å². The Balaban J connectivity index is 3.19. The molecule has 9 heteroatoms. The number of nitrogens with zero attached hydrogens (tertiary/aromatic N) is 4. The first-order chi connectivity index (χ1) is 8.16. The van der Waals surface area contributed by atoms with Gasteiger partial charge in [-0.05, 0) is 6.92 Å². The van der Waals surface area contributed by atoms with Crippen molar-refractivity contribution in [2.45, 2.75) is 6.92 Å². The minimum atomic E-state index is -3.61. The predicted octanol–water partition coefficient (Wildman–Crippen LogP) is -1.45. The van der Waals surface area contributed by atoms with E-state index in [9.17, 15) is 18.0 Å². The summed E-state index contributed by atoms with van der Waals surface area (Å²) in [5, 5.41) is 3.95. The molecule has 0 aromatic carbocycles. The maximum Gasteiger partial charge on any atom is 0.332 e. The van der Waals surface area contributed by atoms with Crippen molar-refractivity contribution in [1.29, 1.82) is 0 Å². The van der Waals surface area contributed by atoms with Crippen LogP contribution in [0.1, 0.15) is 5.69 Å². The first-order valence-electron chi connectivity index (χ1n) is 5.02. The lowest BCUT2D eigenvalue weighted by molar-refractivity contribution is 0.585. The Labute approximate surface area is 102 Å². The number of aromatic nitrogens is 4. The summed E-state index contributed by atoms with van der Waals surface area (Å²) in [5.41, 5.74) is -0.846. The number of fused-ring (bicyclic) bond motifs is 1. The number of hydrogen-bond donors (Lipinski definition) is 0. The van der Waals surface area contributed by atoms with E-state index in [-0.39, 0.29) is 16.7 Å². The molecule has 18 heavy (non-hydrogen) atoms. The average molecular weight is 272 g/mol. The molecule has 0 saturated heterocycles. The summed E-state index contributed by atoms with van der Waals surface area (Å²) in [7, 11) is -0.844. The lowest BCUT2D eigenvalue weighted by Crippen LogP contribution is -2.36. The zero-order valence-corrected chi connectivity index (χ0v) is 11.1. The van der Waals surface area contributed by atoms with E-state index in [2.05, 4.69) is 5.10 Å². The fourth-order valence-corrected chi connectivity index (χ4v) is 2.66. The van der Waals surface area contributed by atoms with Gasteiger partial charge in [0.05, 0.1) is 11.9 Å². The summed E-state index contributed by atoms with van der Waals surface area (Å²) in [6, 6.07) is 0. The van der Waals surface area contributed by atoms with E-state index in [1.807, 2.05) is 0 Å². The molecule has 2 heterocycles. The fraction of sp³-hybridized carbons (Fsp3) is 0.444. The van der Waals surface area contributed by atoms with Crippen molar-refractivity contribution in [3.8, 4) is 0 Å². The molecule has 2 rings (SSSR count). The molecule has 2 aromatic rings. The van der Waals surface area contributed by atoms with Crippen molar-refractivity contribution in [2.24, 2.45) is 14.1 Å². The molecule has 0 N–H and O–H groups in total. The van der Waals surface area contributed by atoms with Crippen LogP contribution in [-0.2, 0) is 24.1 Å². The molecule has 0 saturated carbocycles. The van der Waals surface area contributed by atoms with Crippen molar-refractivity contribution >= 4 is 21.1 Å². The third-order valence-electron chi connectivity index (χ3n) is 2.78. The van der Waals surface area contributed by atoms with Gasteiger partial charge >= 0.3 is 5.69 Å². The van der Waals surface area contributed by atoms with Gasteiger partial charge in [0.1, 0.15) is 5.39 Å². The summed E-state index contributed by atoms with van der Waals surface area (Å²) in [6.45, 7) is 1.47. The van der Waals surface area contributed by atoms with Crippen molar-refractivity contribution in [1.82, 2.24) is 18.3 Å². The molecule has 8 nitrogen and oxygen atoms in total. The summed E-state index contributed by atoms with van der Waals surface area (Å²) < 4.78 is 25.9. The van der Waals surface area contributed by atoms with E-state index in [1.54, 1.807) is 0 Å². The average Bonchev–Trinajstić information content (AvgIpc) is 2.61. The standard InChI is InChI=1S/C9H12N4O4S/c1-5-6-7(10-13(5)18(4,16)17)11(2)9(15)12(3)8(6)14/h1-4H3. The molecular formula is C9H12N4O4S. The van der Waals surface area contributed by atoms with Crippen LogP contribution < -0.4 is 11.2 Å². The minimum Gasteiger partial charge on any atom is -0.279 e. The van der Waals surface area contributed by atoms with Gasteiger partial charge in [0.15, 0.2) is 5.65 Å². The van der Waals surface area contributed by atoms with Crippen LogP contribution in [0.3, 0.4) is 0 Å². The van der Waals surface area contributed by atoms with Crippen LogP contribution in [0.15, 0.2) is 9.59 Å². The van der Waals surface area contributed by atoms with Crippen molar-refractivity contribution in [3.05, 3.63) is 26.5 Å². The third kappa shape index (κ3) is 1.50. The zero-order chi connectivity index (χ0) is 13.8. The Bertz CT molecular complexity index is 869. The fourth-order valence-electron chi connectivity index (χ4n) is 1.85. The highest BCUT2D eigenvalue weighted by atomic mass is 32.2. The van der Waals surface area contributed by atoms with Crippen LogP contribution in [0.25, 0.3) is 11.0 Å². The quantitative estimate of drug-likeness (QED) is 0.633. The predicted molar refractivity (Wildman–Crippen MR) is 65.2 cm³/mol. The van der Waals surface area contributed by atoms with Gasteiger partial charge in [-0.3, -0.25) is 13.9 Å². The first kappa shape index (κ1) is 12.6. The van der Waals surface area contributed by atoms with Crippen LogP contribution in [-0.4, -0.2) is 33.0 Å². The number of aryl methyl sites for hydroxylation is 2. The van der Waals surface area contributed by atoms with Crippen molar-refractivity contribution in [3.63, 3.8) is 0 Å². The van der Waals surface area contributed by atoms with Crippen molar-refractivity contribution in [2.75, 3.05) is 6.26 Å². The second-order valence-electron chi connectivity index (χ2n) is 4.10. The normalized spacial score (nSPS) is 12.2. The van der Waals surface area contributed by atoms with E-state index in [0.29, 0.717) is 0 Å². The number of rotatable bonds is 1. The highest BCUT2D eigenvalue weighted by Gasteiger charge is 2.20. The molecule has 0 atom stereocenters. The van der Waals surface area contributed by atoms with Gasteiger partial charge < -0.3 is 0 Å². The molecule has 0 unspecified atom stereocenters. The van der Waals surface area contributed by atoms with E-state index < -0.39 is 21.3 Å². The Kier molecular flexibility index (Phi) is 2.47. The highest BCUT2D eigenvalue weighted by molar-refractivity contribution is 7.89. The van der Waals surface area contributed by atoms with E-state index >= 15 is 0 Å². The molecule has 98 valence electrons. The molecule has 0 amide bonds. The largest absolute Gasteiger partial charge is 0.332 e. The van der Waals surface area contributed by atoms with Gasteiger partial charge in [-0.15, -0.1) is 5.10 Å². The molecule has 0 aliphatic heterocycles. The molecular weight excluding hydrogens is 260 g/mol. The zero-order valence-electron chi connectivity index (χ0n) is 10.3.